The molecule has 1 N–H and O–H groups in total. The van der Waals surface area contributed by atoms with Gasteiger partial charge in [0.1, 0.15) is 6.04 Å². The number of hydrogen-bond donors (Lipinski definition) is 1. The standard InChI is InChI=1S/C16H29F3N2O2/c1-11(2)9-20-15(22)12(3)5-6-13(4)21-7-8-23-10-14(21)16(17,18)19/h11-14H,5-10H2,1-4H3,(H,20,22). The second-order valence-corrected chi connectivity index (χ2v) is 6.84. The highest BCUT2D eigenvalue weighted by Gasteiger charge is 2.46. The minimum absolute atomic E-state index is 0.0275. The number of hydrogen-bond acceptors (Lipinski definition) is 3. The molecule has 0 spiro atoms. The van der Waals surface area contributed by atoms with Crippen molar-refractivity contribution in [3.8, 4) is 0 Å². The normalized spacial score (nSPS) is 22.9. The number of morpholine rings is 1. The number of carbonyl (C=O) groups is 1. The molecule has 0 aromatic heterocycles. The Morgan fingerprint density at radius 3 is 2.48 bits per heavy atom. The summed E-state index contributed by atoms with van der Waals surface area (Å²) in [6.07, 6.45) is -3.15. The van der Waals surface area contributed by atoms with Crippen LogP contribution in [-0.2, 0) is 9.53 Å². The third-order valence-electron chi connectivity index (χ3n) is 4.26. The molecule has 1 amide bonds. The van der Waals surface area contributed by atoms with Crippen LogP contribution in [0.25, 0.3) is 0 Å². The summed E-state index contributed by atoms with van der Waals surface area (Å²) in [6, 6.07) is -1.78. The fraction of sp³-hybridized carbons (Fsp3) is 0.938. The van der Waals surface area contributed by atoms with Gasteiger partial charge in [-0.2, -0.15) is 13.2 Å². The molecule has 0 saturated carbocycles. The van der Waals surface area contributed by atoms with Crippen molar-refractivity contribution in [2.24, 2.45) is 11.8 Å². The number of amides is 1. The third kappa shape index (κ3) is 6.67. The predicted molar refractivity (Wildman–Crippen MR) is 83.1 cm³/mol. The summed E-state index contributed by atoms with van der Waals surface area (Å²) < 4.78 is 44.2. The van der Waals surface area contributed by atoms with Gasteiger partial charge in [0.05, 0.1) is 13.2 Å². The minimum Gasteiger partial charge on any atom is -0.378 e. The Kier molecular flexibility index (Phi) is 7.80. The lowest BCUT2D eigenvalue weighted by Gasteiger charge is -2.40. The van der Waals surface area contributed by atoms with E-state index in [1.165, 1.54) is 4.90 Å². The summed E-state index contributed by atoms with van der Waals surface area (Å²) in [4.78, 5) is 13.4. The lowest BCUT2D eigenvalue weighted by molar-refractivity contribution is -0.218. The first-order valence-electron chi connectivity index (χ1n) is 8.30. The van der Waals surface area contributed by atoms with Gasteiger partial charge in [-0.25, -0.2) is 0 Å². The van der Waals surface area contributed by atoms with Crippen LogP contribution in [0.2, 0.25) is 0 Å². The van der Waals surface area contributed by atoms with E-state index in [4.69, 9.17) is 4.74 Å². The molecule has 3 unspecified atom stereocenters. The van der Waals surface area contributed by atoms with Crippen LogP contribution in [0.3, 0.4) is 0 Å². The first-order valence-corrected chi connectivity index (χ1v) is 8.30. The van der Waals surface area contributed by atoms with Crippen LogP contribution in [0.4, 0.5) is 13.2 Å². The largest absolute Gasteiger partial charge is 0.406 e. The van der Waals surface area contributed by atoms with Crippen LogP contribution < -0.4 is 5.32 Å². The number of halogens is 3. The zero-order valence-electron chi connectivity index (χ0n) is 14.4. The predicted octanol–water partition coefficient (Wildman–Crippen LogP) is 2.83. The van der Waals surface area contributed by atoms with Crippen molar-refractivity contribution >= 4 is 5.91 Å². The molecular weight excluding hydrogens is 309 g/mol. The Labute approximate surface area is 136 Å². The number of ether oxygens (including phenoxy) is 1. The van der Waals surface area contributed by atoms with Crippen molar-refractivity contribution in [3.63, 3.8) is 0 Å². The van der Waals surface area contributed by atoms with Crippen LogP contribution in [-0.4, -0.2) is 55.4 Å². The maximum absolute atomic E-state index is 13.1. The molecule has 0 aromatic carbocycles. The van der Waals surface area contributed by atoms with Crippen molar-refractivity contribution in [1.82, 2.24) is 10.2 Å². The molecule has 0 bridgehead atoms. The summed E-state index contributed by atoms with van der Waals surface area (Å²) in [5.74, 6) is 0.160. The highest BCUT2D eigenvalue weighted by molar-refractivity contribution is 5.78. The molecule has 136 valence electrons. The van der Waals surface area contributed by atoms with E-state index in [1.807, 2.05) is 20.8 Å². The van der Waals surface area contributed by atoms with Crippen molar-refractivity contribution in [2.75, 3.05) is 26.3 Å². The van der Waals surface area contributed by atoms with E-state index >= 15 is 0 Å². The van der Waals surface area contributed by atoms with Gasteiger partial charge in [-0.3, -0.25) is 9.69 Å². The molecule has 0 aromatic rings. The zero-order valence-corrected chi connectivity index (χ0v) is 14.4. The lowest BCUT2D eigenvalue weighted by atomic mass is 9.99. The van der Waals surface area contributed by atoms with Crippen LogP contribution >= 0.6 is 0 Å². The average molecular weight is 338 g/mol. The molecule has 1 heterocycles. The van der Waals surface area contributed by atoms with Crippen molar-refractivity contribution in [1.29, 1.82) is 0 Å². The number of carbonyl (C=O) groups excluding carboxylic acids is 1. The highest BCUT2D eigenvalue weighted by Crippen LogP contribution is 2.29. The molecule has 23 heavy (non-hydrogen) atoms. The Morgan fingerprint density at radius 1 is 1.26 bits per heavy atom. The fourth-order valence-corrected chi connectivity index (χ4v) is 2.69. The first-order chi connectivity index (χ1) is 10.6. The van der Waals surface area contributed by atoms with Crippen LogP contribution in [0.1, 0.15) is 40.5 Å². The maximum Gasteiger partial charge on any atom is 0.406 e. The van der Waals surface area contributed by atoms with E-state index < -0.39 is 12.2 Å². The van der Waals surface area contributed by atoms with Gasteiger partial charge in [-0.15, -0.1) is 0 Å². The number of alkyl halides is 3. The van der Waals surface area contributed by atoms with E-state index in [1.54, 1.807) is 6.92 Å². The average Bonchev–Trinajstić information content (AvgIpc) is 2.48. The van der Waals surface area contributed by atoms with E-state index in [0.717, 1.165) is 0 Å². The molecule has 1 aliphatic rings. The SMILES string of the molecule is CC(C)CNC(=O)C(C)CCC(C)N1CCOCC1C(F)(F)F. The highest BCUT2D eigenvalue weighted by atomic mass is 19.4. The van der Waals surface area contributed by atoms with Gasteiger partial charge in [0.2, 0.25) is 5.91 Å². The lowest BCUT2D eigenvalue weighted by Crippen LogP contribution is -2.56. The third-order valence-corrected chi connectivity index (χ3v) is 4.26. The first kappa shape index (κ1) is 20.2. The van der Waals surface area contributed by atoms with E-state index in [-0.39, 0.29) is 31.0 Å². The number of rotatable bonds is 7. The van der Waals surface area contributed by atoms with E-state index in [9.17, 15) is 18.0 Å². The van der Waals surface area contributed by atoms with Crippen LogP contribution in [0.15, 0.2) is 0 Å². The molecule has 0 radical (unpaired) electrons. The van der Waals surface area contributed by atoms with Crippen LogP contribution in [0.5, 0.6) is 0 Å². The van der Waals surface area contributed by atoms with Crippen molar-refractivity contribution < 1.29 is 22.7 Å². The van der Waals surface area contributed by atoms with Crippen molar-refractivity contribution in [2.45, 2.75) is 58.8 Å². The Balaban J connectivity index is 2.47. The fourth-order valence-electron chi connectivity index (χ4n) is 2.69. The monoisotopic (exact) mass is 338 g/mol. The topological polar surface area (TPSA) is 41.6 Å². The van der Waals surface area contributed by atoms with E-state index in [0.29, 0.717) is 31.9 Å². The summed E-state index contributed by atoms with van der Waals surface area (Å²) >= 11 is 0. The molecule has 1 rings (SSSR count). The maximum atomic E-state index is 13.1. The quantitative estimate of drug-likeness (QED) is 0.776. The Morgan fingerprint density at radius 2 is 1.91 bits per heavy atom. The molecule has 1 saturated heterocycles. The van der Waals surface area contributed by atoms with E-state index in [2.05, 4.69) is 5.32 Å². The van der Waals surface area contributed by atoms with Gasteiger partial charge in [-0.05, 0) is 25.7 Å². The summed E-state index contributed by atoms with van der Waals surface area (Å²) in [6.45, 7) is 8.56. The van der Waals surface area contributed by atoms with Gasteiger partial charge in [0, 0.05) is 25.0 Å². The Hall–Kier alpha value is -0.820. The summed E-state index contributed by atoms with van der Waals surface area (Å²) in [5, 5.41) is 2.87. The van der Waals surface area contributed by atoms with Gasteiger partial charge in [-0.1, -0.05) is 20.8 Å². The second-order valence-electron chi connectivity index (χ2n) is 6.84. The summed E-state index contributed by atoms with van der Waals surface area (Å²) in [7, 11) is 0. The second kappa shape index (κ2) is 8.87. The zero-order chi connectivity index (χ0) is 17.6. The van der Waals surface area contributed by atoms with Crippen molar-refractivity contribution in [3.05, 3.63) is 0 Å². The van der Waals surface area contributed by atoms with Crippen LogP contribution in [0, 0.1) is 11.8 Å². The van der Waals surface area contributed by atoms with Gasteiger partial charge < -0.3 is 10.1 Å². The van der Waals surface area contributed by atoms with Gasteiger partial charge in [0.15, 0.2) is 0 Å². The van der Waals surface area contributed by atoms with Gasteiger partial charge >= 0.3 is 6.18 Å². The molecule has 7 heteroatoms. The molecule has 4 nitrogen and oxygen atoms in total. The number of nitrogens with one attached hydrogen (secondary N) is 1. The smallest absolute Gasteiger partial charge is 0.378 e. The molecule has 1 aliphatic heterocycles. The molecule has 3 atom stereocenters. The number of nitrogens with zero attached hydrogens (tertiary/aromatic N) is 1. The molecule has 0 aliphatic carbocycles. The molecular formula is C16H29F3N2O2. The van der Waals surface area contributed by atoms with Gasteiger partial charge in [0.25, 0.3) is 0 Å². The Bertz CT molecular complexity index is 375. The minimum atomic E-state index is -4.28. The molecule has 1 fully saturated rings. The summed E-state index contributed by atoms with van der Waals surface area (Å²) in [5.41, 5.74) is 0.